The van der Waals surface area contributed by atoms with Crippen molar-refractivity contribution in [3.05, 3.63) is 102 Å². The van der Waals surface area contributed by atoms with Gasteiger partial charge in [0.05, 0.1) is 11.4 Å². The Bertz CT molecular complexity index is 977. The van der Waals surface area contributed by atoms with Crippen LogP contribution in [0.1, 0.15) is 0 Å². The SMILES string of the molecule is Clc1cc(-c2ccccc2)nc(-c2ccc(-c3ccccc3)cc2)c1. The second-order valence-electron chi connectivity index (χ2n) is 5.87. The van der Waals surface area contributed by atoms with Gasteiger partial charge in [0.2, 0.25) is 0 Å². The number of rotatable bonds is 3. The van der Waals surface area contributed by atoms with Gasteiger partial charge >= 0.3 is 0 Å². The van der Waals surface area contributed by atoms with Gasteiger partial charge in [-0.05, 0) is 23.3 Å². The first-order valence-corrected chi connectivity index (χ1v) is 8.56. The predicted molar refractivity (Wildman–Crippen MR) is 106 cm³/mol. The third kappa shape index (κ3) is 3.47. The standard InChI is InChI=1S/C23H16ClN/c24-21-15-22(19-9-5-2-6-10-19)25-23(16-21)20-13-11-18(12-14-20)17-7-3-1-4-8-17/h1-16H. The van der Waals surface area contributed by atoms with Crippen molar-refractivity contribution < 1.29 is 0 Å². The number of benzene rings is 3. The number of halogens is 1. The fourth-order valence-corrected chi connectivity index (χ4v) is 3.07. The molecular weight excluding hydrogens is 326 g/mol. The lowest BCUT2D eigenvalue weighted by Crippen LogP contribution is -1.89. The Hall–Kier alpha value is -2.90. The Balaban J connectivity index is 1.71. The van der Waals surface area contributed by atoms with Crippen LogP contribution in [0.2, 0.25) is 5.02 Å². The number of pyridine rings is 1. The van der Waals surface area contributed by atoms with Gasteiger partial charge in [-0.25, -0.2) is 4.98 Å². The summed E-state index contributed by atoms with van der Waals surface area (Å²) in [7, 11) is 0. The smallest absolute Gasteiger partial charge is 0.0724 e. The van der Waals surface area contributed by atoms with Crippen LogP contribution in [-0.2, 0) is 0 Å². The van der Waals surface area contributed by atoms with Crippen molar-refractivity contribution in [1.29, 1.82) is 0 Å². The molecule has 3 aromatic carbocycles. The summed E-state index contributed by atoms with van der Waals surface area (Å²) in [5, 5.41) is 0.691. The third-order valence-corrected chi connectivity index (χ3v) is 4.37. The molecule has 25 heavy (non-hydrogen) atoms. The number of aromatic nitrogens is 1. The maximum atomic E-state index is 6.34. The lowest BCUT2D eigenvalue weighted by molar-refractivity contribution is 1.32. The van der Waals surface area contributed by atoms with Crippen molar-refractivity contribution in [3.63, 3.8) is 0 Å². The molecule has 1 aromatic heterocycles. The Morgan fingerprint density at radius 1 is 0.480 bits per heavy atom. The summed E-state index contributed by atoms with van der Waals surface area (Å²) in [6.45, 7) is 0. The van der Waals surface area contributed by atoms with Crippen molar-refractivity contribution in [1.82, 2.24) is 4.98 Å². The quantitative estimate of drug-likeness (QED) is 0.402. The second-order valence-corrected chi connectivity index (χ2v) is 6.30. The van der Waals surface area contributed by atoms with Crippen LogP contribution in [0.5, 0.6) is 0 Å². The first-order chi connectivity index (χ1) is 12.3. The minimum atomic E-state index is 0.691. The van der Waals surface area contributed by atoms with E-state index in [1.807, 2.05) is 60.7 Å². The van der Waals surface area contributed by atoms with Crippen LogP contribution in [0.3, 0.4) is 0 Å². The van der Waals surface area contributed by atoms with Gasteiger partial charge in [-0.3, -0.25) is 0 Å². The molecule has 1 nitrogen and oxygen atoms in total. The Morgan fingerprint density at radius 2 is 0.880 bits per heavy atom. The fraction of sp³-hybridized carbons (Fsp3) is 0. The van der Waals surface area contributed by atoms with Crippen LogP contribution in [0.15, 0.2) is 97.1 Å². The summed E-state index contributed by atoms with van der Waals surface area (Å²) in [6, 6.07) is 32.7. The van der Waals surface area contributed by atoms with Crippen LogP contribution < -0.4 is 0 Å². The van der Waals surface area contributed by atoms with Gasteiger partial charge in [0.25, 0.3) is 0 Å². The highest BCUT2D eigenvalue weighted by molar-refractivity contribution is 6.31. The first-order valence-electron chi connectivity index (χ1n) is 8.18. The number of hydrogen-bond acceptors (Lipinski definition) is 1. The van der Waals surface area contributed by atoms with Gasteiger partial charge in [-0.15, -0.1) is 0 Å². The molecule has 2 heteroatoms. The zero-order valence-corrected chi connectivity index (χ0v) is 14.3. The van der Waals surface area contributed by atoms with E-state index in [4.69, 9.17) is 16.6 Å². The van der Waals surface area contributed by atoms with Crippen LogP contribution in [0.4, 0.5) is 0 Å². The van der Waals surface area contributed by atoms with E-state index >= 15 is 0 Å². The minimum Gasteiger partial charge on any atom is -0.248 e. The molecule has 0 aliphatic carbocycles. The zero-order chi connectivity index (χ0) is 17.1. The Kier molecular flexibility index (Phi) is 4.32. The lowest BCUT2D eigenvalue weighted by Gasteiger charge is -2.08. The van der Waals surface area contributed by atoms with Crippen molar-refractivity contribution in [2.75, 3.05) is 0 Å². The molecule has 0 aliphatic heterocycles. The summed E-state index contributed by atoms with van der Waals surface area (Å²) < 4.78 is 0. The van der Waals surface area contributed by atoms with E-state index in [1.165, 1.54) is 11.1 Å². The summed E-state index contributed by atoms with van der Waals surface area (Å²) >= 11 is 6.34. The van der Waals surface area contributed by atoms with Crippen molar-refractivity contribution in [2.24, 2.45) is 0 Å². The number of hydrogen-bond donors (Lipinski definition) is 0. The summed E-state index contributed by atoms with van der Waals surface area (Å²) in [6.07, 6.45) is 0. The molecule has 1 heterocycles. The third-order valence-electron chi connectivity index (χ3n) is 4.15. The Labute approximate surface area is 152 Å². The van der Waals surface area contributed by atoms with Crippen molar-refractivity contribution >= 4 is 11.6 Å². The minimum absolute atomic E-state index is 0.691. The molecule has 0 aliphatic rings. The normalized spacial score (nSPS) is 10.6. The van der Waals surface area contributed by atoms with Crippen LogP contribution in [0.25, 0.3) is 33.6 Å². The van der Waals surface area contributed by atoms with Crippen LogP contribution in [-0.4, -0.2) is 4.98 Å². The van der Waals surface area contributed by atoms with Crippen LogP contribution in [0, 0.1) is 0 Å². The fourth-order valence-electron chi connectivity index (χ4n) is 2.87. The summed E-state index contributed by atoms with van der Waals surface area (Å²) in [4.78, 5) is 4.79. The molecule has 4 rings (SSSR count). The van der Waals surface area contributed by atoms with Gasteiger partial charge in [-0.2, -0.15) is 0 Å². The van der Waals surface area contributed by atoms with E-state index in [9.17, 15) is 0 Å². The van der Waals surface area contributed by atoms with Gasteiger partial charge in [0, 0.05) is 16.1 Å². The molecule has 0 atom stereocenters. The topological polar surface area (TPSA) is 12.9 Å². The van der Waals surface area contributed by atoms with E-state index in [-0.39, 0.29) is 0 Å². The summed E-state index contributed by atoms with van der Waals surface area (Å²) in [5.74, 6) is 0. The molecular formula is C23H16ClN. The van der Waals surface area contributed by atoms with E-state index < -0.39 is 0 Å². The van der Waals surface area contributed by atoms with Crippen molar-refractivity contribution in [2.45, 2.75) is 0 Å². The van der Waals surface area contributed by atoms with Crippen LogP contribution >= 0.6 is 11.6 Å². The average Bonchev–Trinajstić information content (AvgIpc) is 2.69. The molecule has 0 saturated carbocycles. The monoisotopic (exact) mass is 341 g/mol. The first kappa shape index (κ1) is 15.6. The molecule has 0 unspecified atom stereocenters. The molecule has 0 N–H and O–H groups in total. The van der Waals surface area contributed by atoms with Gasteiger partial charge in [-0.1, -0.05) is 96.5 Å². The molecule has 0 saturated heterocycles. The van der Waals surface area contributed by atoms with Gasteiger partial charge < -0.3 is 0 Å². The van der Waals surface area contributed by atoms with E-state index in [1.54, 1.807) is 0 Å². The average molecular weight is 342 g/mol. The Morgan fingerprint density at radius 3 is 1.44 bits per heavy atom. The van der Waals surface area contributed by atoms with E-state index in [0.717, 1.165) is 22.5 Å². The molecule has 0 spiro atoms. The second kappa shape index (κ2) is 6.92. The highest BCUT2D eigenvalue weighted by Crippen LogP contribution is 2.28. The molecule has 120 valence electrons. The molecule has 0 fully saturated rings. The van der Waals surface area contributed by atoms with Gasteiger partial charge in [0.15, 0.2) is 0 Å². The molecule has 0 radical (unpaired) electrons. The van der Waals surface area contributed by atoms with E-state index in [0.29, 0.717) is 5.02 Å². The zero-order valence-electron chi connectivity index (χ0n) is 13.6. The highest BCUT2D eigenvalue weighted by atomic mass is 35.5. The maximum Gasteiger partial charge on any atom is 0.0724 e. The lowest BCUT2D eigenvalue weighted by atomic mass is 10.0. The summed E-state index contributed by atoms with van der Waals surface area (Å²) in [5.41, 5.74) is 6.28. The molecule has 0 bridgehead atoms. The maximum absolute atomic E-state index is 6.34. The largest absolute Gasteiger partial charge is 0.248 e. The molecule has 4 aromatic rings. The number of nitrogens with zero attached hydrogens (tertiary/aromatic N) is 1. The van der Waals surface area contributed by atoms with Crippen molar-refractivity contribution in [3.8, 4) is 33.6 Å². The highest BCUT2D eigenvalue weighted by Gasteiger charge is 2.07. The van der Waals surface area contributed by atoms with Gasteiger partial charge in [0.1, 0.15) is 0 Å². The van der Waals surface area contributed by atoms with E-state index in [2.05, 4.69) is 36.4 Å². The molecule has 0 amide bonds. The predicted octanol–water partition coefficient (Wildman–Crippen LogP) is 6.74.